The second kappa shape index (κ2) is 4.51. The number of hydrogen-bond acceptors (Lipinski definition) is 4. The van der Waals surface area contributed by atoms with Crippen LogP contribution in [0.5, 0.6) is 11.6 Å². The molecule has 6 nitrogen and oxygen atoms in total. The zero-order valence-electron chi connectivity index (χ0n) is 9.92. The number of benzene rings is 1. The highest BCUT2D eigenvalue weighted by Gasteiger charge is 2.08. The summed E-state index contributed by atoms with van der Waals surface area (Å²) in [5, 5.41) is 6.27. The fourth-order valence-electron chi connectivity index (χ4n) is 1.77. The van der Waals surface area contributed by atoms with Gasteiger partial charge in [0.25, 0.3) is 0 Å². The number of fused-ring (bicyclic) bond motifs is 1. The van der Waals surface area contributed by atoms with Crippen LogP contribution in [0.1, 0.15) is 5.82 Å². The molecule has 1 N–H and O–H groups in total. The maximum absolute atomic E-state index is 11.5. The Hall–Kier alpha value is -2.15. The monoisotopic (exact) mass is 320 g/mol. The van der Waals surface area contributed by atoms with Crippen molar-refractivity contribution >= 4 is 21.6 Å². The molecule has 0 aliphatic rings. The van der Waals surface area contributed by atoms with Crippen molar-refractivity contribution in [2.45, 2.75) is 6.92 Å². The average molecular weight is 321 g/mol. The number of ether oxygens (including phenoxy) is 1. The first kappa shape index (κ1) is 11.9. The van der Waals surface area contributed by atoms with Gasteiger partial charge in [-0.1, -0.05) is 22.0 Å². The number of aryl methyl sites for hydroxylation is 1. The minimum Gasteiger partial charge on any atom is -0.439 e. The number of halogens is 1. The smallest absolute Gasteiger partial charge is 0.349 e. The van der Waals surface area contributed by atoms with E-state index in [0.29, 0.717) is 23.1 Å². The standard InChI is InChI=1S/C12H9BrN4O2/c1-7-14-11(6-10-15-16-12(18)17(7)10)19-9-4-2-3-8(13)5-9/h2-6H,1H3,(H,16,18). The van der Waals surface area contributed by atoms with Gasteiger partial charge in [0.05, 0.1) is 0 Å². The van der Waals surface area contributed by atoms with Gasteiger partial charge in [-0.25, -0.2) is 14.3 Å². The largest absolute Gasteiger partial charge is 0.439 e. The van der Waals surface area contributed by atoms with E-state index in [4.69, 9.17) is 4.74 Å². The third-order valence-corrected chi connectivity index (χ3v) is 3.06. The molecule has 0 aliphatic heterocycles. The Morgan fingerprint density at radius 1 is 1.37 bits per heavy atom. The predicted octanol–water partition coefficient (Wildman–Crippen LogP) is 2.28. The van der Waals surface area contributed by atoms with Crippen LogP contribution in [-0.2, 0) is 0 Å². The molecule has 0 amide bonds. The van der Waals surface area contributed by atoms with Gasteiger partial charge < -0.3 is 4.74 Å². The van der Waals surface area contributed by atoms with Crippen LogP contribution in [0, 0.1) is 6.92 Å². The lowest BCUT2D eigenvalue weighted by Crippen LogP contribution is -2.13. The fraction of sp³-hybridized carbons (Fsp3) is 0.0833. The van der Waals surface area contributed by atoms with E-state index in [1.54, 1.807) is 13.0 Å². The van der Waals surface area contributed by atoms with Crippen molar-refractivity contribution in [2.75, 3.05) is 0 Å². The second-order valence-corrected chi connectivity index (χ2v) is 4.84. The molecule has 0 bridgehead atoms. The molecule has 2 heterocycles. The molecule has 0 aliphatic carbocycles. The van der Waals surface area contributed by atoms with E-state index < -0.39 is 0 Å². The first-order valence-corrected chi connectivity index (χ1v) is 6.31. The van der Waals surface area contributed by atoms with Crippen LogP contribution < -0.4 is 10.4 Å². The van der Waals surface area contributed by atoms with Crippen LogP contribution in [0.2, 0.25) is 0 Å². The van der Waals surface area contributed by atoms with Crippen LogP contribution >= 0.6 is 15.9 Å². The molecule has 7 heteroatoms. The third kappa shape index (κ3) is 2.24. The van der Waals surface area contributed by atoms with Gasteiger partial charge in [-0.3, -0.25) is 0 Å². The molecule has 2 aromatic heterocycles. The van der Waals surface area contributed by atoms with Crippen LogP contribution in [0.25, 0.3) is 5.65 Å². The number of aromatic amines is 1. The van der Waals surface area contributed by atoms with Crippen molar-refractivity contribution in [3.05, 3.63) is 51.1 Å². The summed E-state index contributed by atoms with van der Waals surface area (Å²) < 4.78 is 7.95. The summed E-state index contributed by atoms with van der Waals surface area (Å²) in [5.74, 6) is 1.56. The van der Waals surface area contributed by atoms with Gasteiger partial charge in [0, 0.05) is 10.5 Å². The maximum Gasteiger partial charge on any atom is 0.349 e. The van der Waals surface area contributed by atoms with Gasteiger partial charge in [-0.2, -0.15) is 10.1 Å². The molecule has 0 saturated carbocycles. The third-order valence-electron chi connectivity index (χ3n) is 2.56. The number of hydrogen-bond donors (Lipinski definition) is 1. The summed E-state index contributed by atoms with van der Waals surface area (Å²) in [7, 11) is 0. The lowest BCUT2D eigenvalue weighted by Gasteiger charge is -2.06. The zero-order valence-corrected chi connectivity index (χ0v) is 11.5. The summed E-state index contributed by atoms with van der Waals surface area (Å²) in [6.07, 6.45) is 0. The van der Waals surface area contributed by atoms with Crippen molar-refractivity contribution in [2.24, 2.45) is 0 Å². The van der Waals surface area contributed by atoms with Crippen LogP contribution in [0.4, 0.5) is 0 Å². The Morgan fingerprint density at radius 2 is 2.21 bits per heavy atom. The molecule has 19 heavy (non-hydrogen) atoms. The average Bonchev–Trinajstić information content (AvgIpc) is 2.71. The summed E-state index contributed by atoms with van der Waals surface area (Å²) in [6, 6.07) is 9.03. The minimum absolute atomic E-state index is 0.311. The normalized spacial score (nSPS) is 10.8. The van der Waals surface area contributed by atoms with Gasteiger partial charge in [0.1, 0.15) is 11.6 Å². The zero-order chi connectivity index (χ0) is 13.4. The van der Waals surface area contributed by atoms with E-state index in [2.05, 4.69) is 31.1 Å². The number of aromatic nitrogens is 4. The summed E-state index contributed by atoms with van der Waals surface area (Å²) >= 11 is 3.37. The molecule has 1 aromatic carbocycles. The van der Waals surface area contributed by atoms with E-state index in [1.165, 1.54) is 4.40 Å². The number of nitrogens with one attached hydrogen (secondary N) is 1. The second-order valence-electron chi connectivity index (χ2n) is 3.92. The molecule has 0 atom stereocenters. The molecular formula is C12H9BrN4O2. The highest BCUT2D eigenvalue weighted by molar-refractivity contribution is 9.10. The lowest BCUT2D eigenvalue weighted by molar-refractivity contribution is 0.459. The molecule has 0 saturated heterocycles. The van der Waals surface area contributed by atoms with E-state index in [0.717, 1.165) is 4.47 Å². The number of nitrogens with zero attached hydrogens (tertiary/aromatic N) is 3. The van der Waals surface area contributed by atoms with Gasteiger partial charge in [0.2, 0.25) is 5.88 Å². The summed E-state index contributed by atoms with van der Waals surface area (Å²) in [5.41, 5.74) is 0.163. The Morgan fingerprint density at radius 3 is 3.00 bits per heavy atom. The van der Waals surface area contributed by atoms with Crippen LogP contribution in [-0.4, -0.2) is 19.6 Å². The van der Waals surface area contributed by atoms with Crippen LogP contribution in [0.3, 0.4) is 0 Å². The molecule has 3 aromatic rings. The summed E-state index contributed by atoms with van der Waals surface area (Å²) in [4.78, 5) is 15.7. The maximum atomic E-state index is 11.5. The van der Waals surface area contributed by atoms with Crippen molar-refractivity contribution in [1.82, 2.24) is 19.6 Å². The number of rotatable bonds is 2. The Kier molecular flexibility index (Phi) is 2.83. The lowest BCUT2D eigenvalue weighted by atomic mass is 10.3. The Bertz CT molecular complexity index is 809. The van der Waals surface area contributed by atoms with Gasteiger partial charge in [-0.05, 0) is 25.1 Å². The van der Waals surface area contributed by atoms with Gasteiger partial charge in [-0.15, -0.1) is 0 Å². The molecule has 3 rings (SSSR count). The van der Waals surface area contributed by atoms with E-state index in [-0.39, 0.29) is 5.69 Å². The summed E-state index contributed by atoms with van der Waals surface area (Å²) in [6.45, 7) is 1.72. The van der Waals surface area contributed by atoms with E-state index in [9.17, 15) is 4.79 Å². The fourth-order valence-corrected chi connectivity index (χ4v) is 2.15. The Labute approximate surface area is 116 Å². The predicted molar refractivity (Wildman–Crippen MR) is 72.6 cm³/mol. The van der Waals surface area contributed by atoms with E-state index >= 15 is 0 Å². The molecular weight excluding hydrogens is 312 g/mol. The molecule has 0 spiro atoms. The first-order valence-electron chi connectivity index (χ1n) is 5.52. The Balaban J connectivity index is 2.04. The molecule has 96 valence electrons. The quantitative estimate of drug-likeness (QED) is 0.786. The number of H-pyrrole nitrogens is 1. The van der Waals surface area contributed by atoms with Crippen molar-refractivity contribution in [1.29, 1.82) is 0 Å². The van der Waals surface area contributed by atoms with E-state index in [1.807, 2.05) is 24.3 Å². The molecule has 0 radical (unpaired) electrons. The topological polar surface area (TPSA) is 72.3 Å². The van der Waals surface area contributed by atoms with Crippen molar-refractivity contribution in [3.8, 4) is 11.6 Å². The molecule has 0 unspecified atom stereocenters. The highest BCUT2D eigenvalue weighted by Crippen LogP contribution is 2.23. The molecule has 0 fully saturated rings. The SMILES string of the molecule is Cc1nc(Oc2cccc(Br)c2)cc2n[nH]c(=O)n12. The minimum atomic E-state index is -0.311. The van der Waals surface area contributed by atoms with Crippen LogP contribution in [0.15, 0.2) is 39.6 Å². The van der Waals surface area contributed by atoms with Gasteiger partial charge >= 0.3 is 5.69 Å². The van der Waals surface area contributed by atoms with Crippen molar-refractivity contribution in [3.63, 3.8) is 0 Å². The first-order chi connectivity index (χ1) is 9.13. The highest BCUT2D eigenvalue weighted by atomic mass is 79.9. The van der Waals surface area contributed by atoms with Crippen molar-refractivity contribution < 1.29 is 4.74 Å². The van der Waals surface area contributed by atoms with Gasteiger partial charge in [0.15, 0.2) is 5.65 Å².